The molecule has 0 spiro atoms. The van der Waals surface area contributed by atoms with Crippen LogP contribution in [0.1, 0.15) is 34.8 Å². The number of hydrogen-bond donors (Lipinski definition) is 3. The van der Waals surface area contributed by atoms with Crippen LogP contribution in [-0.2, 0) is 10.0 Å². The molecule has 7 nitrogen and oxygen atoms in total. The molecule has 0 aromatic heterocycles. The molecule has 0 atom stereocenters. The van der Waals surface area contributed by atoms with Crippen LogP contribution in [-0.4, -0.2) is 26.0 Å². The van der Waals surface area contributed by atoms with Gasteiger partial charge in [0.25, 0.3) is 15.9 Å². The standard InChI is InChI=1S/C25H27N3O4S2/c1-4-16-32-21-12-8-19(9-13-21)24(29)27-25(33)26-20-10-14-22(15-11-20)34(30,31)28-23-17(2)6-5-7-18(23)3/h5-15,28H,4,16H2,1-3H3,(H2,26,27,29,33). The molecule has 3 aromatic carbocycles. The predicted molar refractivity (Wildman–Crippen MR) is 139 cm³/mol. The maximum absolute atomic E-state index is 12.8. The van der Waals surface area contributed by atoms with Crippen molar-refractivity contribution < 1.29 is 17.9 Å². The van der Waals surface area contributed by atoms with E-state index in [1.54, 1.807) is 36.4 Å². The van der Waals surface area contributed by atoms with Crippen molar-refractivity contribution in [3.63, 3.8) is 0 Å². The van der Waals surface area contributed by atoms with Crippen LogP contribution in [0.4, 0.5) is 11.4 Å². The third kappa shape index (κ3) is 6.55. The third-order valence-electron chi connectivity index (χ3n) is 4.96. The van der Waals surface area contributed by atoms with Crippen LogP contribution < -0.4 is 20.1 Å². The Morgan fingerprint density at radius 2 is 1.56 bits per heavy atom. The fraction of sp³-hybridized carbons (Fsp3) is 0.200. The molecule has 0 aliphatic heterocycles. The first-order valence-corrected chi connectivity index (χ1v) is 12.6. The summed E-state index contributed by atoms with van der Waals surface area (Å²) in [6.07, 6.45) is 0.901. The Kier molecular flexibility index (Phi) is 8.25. The third-order valence-corrected chi connectivity index (χ3v) is 6.53. The Morgan fingerprint density at radius 3 is 2.15 bits per heavy atom. The Labute approximate surface area is 205 Å². The minimum Gasteiger partial charge on any atom is -0.494 e. The fourth-order valence-corrected chi connectivity index (χ4v) is 4.56. The molecule has 0 radical (unpaired) electrons. The molecule has 3 aromatic rings. The number of para-hydroxylation sites is 1. The lowest BCUT2D eigenvalue weighted by molar-refractivity contribution is 0.0977. The van der Waals surface area contributed by atoms with Gasteiger partial charge in [-0.1, -0.05) is 25.1 Å². The molecular weight excluding hydrogens is 470 g/mol. The number of rotatable bonds is 8. The van der Waals surface area contributed by atoms with Crippen LogP contribution >= 0.6 is 12.2 Å². The molecular formula is C25H27N3O4S2. The van der Waals surface area contributed by atoms with E-state index in [2.05, 4.69) is 15.4 Å². The number of anilines is 2. The van der Waals surface area contributed by atoms with Gasteiger partial charge in [0.15, 0.2) is 5.11 Å². The second kappa shape index (κ2) is 11.1. The van der Waals surface area contributed by atoms with Crippen molar-refractivity contribution in [1.82, 2.24) is 5.32 Å². The van der Waals surface area contributed by atoms with Crippen LogP contribution in [0.25, 0.3) is 0 Å². The van der Waals surface area contributed by atoms with Gasteiger partial charge >= 0.3 is 0 Å². The summed E-state index contributed by atoms with van der Waals surface area (Å²) in [5, 5.41) is 5.59. The Bertz CT molecular complexity index is 1250. The van der Waals surface area contributed by atoms with Gasteiger partial charge in [-0.15, -0.1) is 0 Å². The molecule has 3 N–H and O–H groups in total. The molecule has 0 saturated carbocycles. The van der Waals surface area contributed by atoms with Gasteiger partial charge in [0, 0.05) is 11.3 Å². The number of benzene rings is 3. The van der Waals surface area contributed by atoms with E-state index in [0.717, 1.165) is 17.5 Å². The van der Waals surface area contributed by atoms with Gasteiger partial charge in [0.1, 0.15) is 5.75 Å². The number of sulfonamides is 1. The van der Waals surface area contributed by atoms with Crippen molar-refractivity contribution >= 4 is 44.6 Å². The summed E-state index contributed by atoms with van der Waals surface area (Å²) >= 11 is 5.22. The quantitative estimate of drug-likeness (QED) is 0.378. The van der Waals surface area contributed by atoms with Gasteiger partial charge in [-0.2, -0.15) is 0 Å². The smallest absolute Gasteiger partial charge is 0.261 e. The van der Waals surface area contributed by atoms with E-state index in [4.69, 9.17) is 17.0 Å². The van der Waals surface area contributed by atoms with Gasteiger partial charge in [0.05, 0.1) is 17.2 Å². The summed E-state index contributed by atoms with van der Waals surface area (Å²) < 4.78 is 33.8. The highest BCUT2D eigenvalue weighted by Crippen LogP contribution is 2.24. The molecule has 0 fully saturated rings. The first-order valence-electron chi connectivity index (χ1n) is 10.7. The van der Waals surface area contributed by atoms with Crippen LogP contribution in [0.15, 0.2) is 71.6 Å². The molecule has 1 amide bonds. The Hall–Kier alpha value is -3.43. The van der Waals surface area contributed by atoms with Crippen LogP contribution in [0.2, 0.25) is 0 Å². The summed E-state index contributed by atoms with van der Waals surface area (Å²) in [6.45, 7) is 6.33. The van der Waals surface area contributed by atoms with Crippen molar-refractivity contribution in [3.05, 3.63) is 83.4 Å². The van der Waals surface area contributed by atoms with Crippen molar-refractivity contribution in [2.75, 3.05) is 16.6 Å². The molecule has 0 aliphatic carbocycles. The van der Waals surface area contributed by atoms with Gasteiger partial charge in [-0.3, -0.25) is 14.8 Å². The summed E-state index contributed by atoms with van der Waals surface area (Å²) in [5.41, 5.74) is 3.22. The number of carbonyl (C=O) groups is 1. The Balaban J connectivity index is 1.60. The van der Waals surface area contributed by atoms with E-state index in [1.165, 1.54) is 12.1 Å². The van der Waals surface area contributed by atoms with Crippen LogP contribution in [0, 0.1) is 13.8 Å². The van der Waals surface area contributed by atoms with Crippen LogP contribution in [0.5, 0.6) is 5.75 Å². The Morgan fingerprint density at radius 1 is 0.941 bits per heavy atom. The molecule has 0 aliphatic rings. The first-order chi connectivity index (χ1) is 16.2. The second-order valence-corrected chi connectivity index (χ2v) is 9.77. The minimum atomic E-state index is -3.76. The van der Waals surface area contributed by atoms with E-state index >= 15 is 0 Å². The van der Waals surface area contributed by atoms with E-state index in [9.17, 15) is 13.2 Å². The number of amides is 1. The van der Waals surface area contributed by atoms with E-state index in [-0.39, 0.29) is 15.9 Å². The zero-order chi connectivity index (χ0) is 24.7. The molecule has 0 unspecified atom stereocenters. The summed E-state index contributed by atoms with van der Waals surface area (Å²) in [7, 11) is -3.76. The minimum absolute atomic E-state index is 0.0978. The topological polar surface area (TPSA) is 96.5 Å². The highest BCUT2D eigenvalue weighted by Gasteiger charge is 2.17. The lowest BCUT2D eigenvalue weighted by Crippen LogP contribution is -2.34. The highest BCUT2D eigenvalue weighted by atomic mass is 32.2. The van der Waals surface area contributed by atoms with E-state index < -0.39 is 10.0 Å². The SMILES string of the molecule is CCCOc1ccc(C(=O)NC(=S)Nc2ccc(S(=O)(=O)Nc3c(C)cccc3C)cc2)cc1. The normalized spacial score (nSPS) is 10.9. The molecule has 9 heteroatoms. The molecule has 0 heterocycles. The number of carbonyl (C=O) groups excluding carboxylic acids is 1. The summed E-state index contributed by atoms with van der Waals surface area (Å²) in [6, 6.07) is 18.5. The van der Waals surface area contributed by atoms with Crippen molar-refractivity contribution in [1.29, 1.82) is 0 Å². The van der Waals surface area contributed by atoms with Gasteiger partial charge in [-0.25, -0.2) is 8.42 Å². The van der Waals surface area contributed by atoms with Crippen LogP contribution in [0.3, 0.4) is 0 Å². The summed E-state index contributed by atoms with van der Waals surface area (Å²) in [5.74, 6) is 0.331. The lowest BCUT2D eigenvalue weighted by Gasteiger charge is -2.14. The second-order valence-electron chi connectivity index (χ2n) is 7.68. The molecule has 0 saturated heterocycles. The largest absolute Gasteiger partial charge is 0.494 e. The highest BCUT2D eigenvalue weighted by molar-refractivity contribution is 7.92. The van der Waals surface area contributed by atoms with Gasteiger partial charge in [-0.05, 0) is 92.1 Å². The number of nitrogens with one attached hydrogen (secondary N) is 3. The van der Waals surface area contributed by atoms with E-state index in [0.29, 0.717) is 29.3 Å². The van der Waals surface area contributed by atoms with Gasteiger partial charge < -0.3 is 10.1 Å². The van der Waals surface area contributed by atoms with Crippen molar-refractivity contribution in [2.24, 2.45) is 0 Å². The summed E-state index contributed by atoms with van der Waals surface area (Å²) in [4.78, 5) is 12.5. The number of aryl methyl sites for hydroxylation is 2. The average Bonchev–Trinajstić information content (AvgIpc) is 2.81. The maximum atomic E-state index is 12.8. The predicted octanol–water partition coefficient (Wildman–Crippen LogP) is 5.02. The molecule has 3 rings (SSSR count). The molecule has 178 valence electrons. The van der Waals surface area contributed by atoms with Gasteiger partial charge in [0.2, 0.25) is 0 Å². The maximum Gasteiger partial charge on any atom is 0.261 e. The first kappa shape index (κ1) is 25.2. The number of thiocarbonyl (C=S) groups is 1. The number of hydrogen-bond acceptors (Lipinski definition) is 5. The molecule has 34 heavy (non-hydrogen) atoms. The fourth-order valence-electron chi connectivity index (χ4n) is 3.15. The van der Waals surface area contributed by atoms with Crippen molar-refractivity contribution in [2.45, 2.75) is 32.1 Å². The monoisotopic (exact) mass is 497 g/mol. The zero-order valence-corrected chi connectivity index (χ0v) is 20.8. The average molecular weight is 498 g/mol. The van der Waals surface area contributed by atoms with E-state index in [1.807, 2.05) is 39.0 Å². The zero-order valence-electron chi connectivity index (χ0n) is 19.2. The van der Waals surface area contributed by atoms with Crippen molar-refractivity contribution in [3.8, 4) is 5.75 Å². The number of ether oxygens (including phenoxy) is 1. The lowest BCUT2D eigenvalue weighted by atomic mass is 10.1. The molecule has 0 bridgehead atoms.